The third-order valence-electron chi connectivity index (χ3n) is 5.64. The molecule has 0 fully saturated rings. The number of aromatic nitrogens is 1. The van der Waals surface area contributed by atoms with Gasteiger partial charge < -0.3 is 19.2 Å². The average Bonchev–Trinajstić information content (AvgIpc) is 3.27. The van der Waals surface area contributed by atoms with E-state index in [1.165, 1.54) is 0 Å². The van der Waals surface area contributed by atoms with E-state index in [1.54, 1.807) is 39.0 Å². The fourth-order valence-electron chi connectivity index (χ4n) is 3.88. The SMILES string of the molecule is COc1ccc(-c2coc3c(C)c(OC)c(/C(C)=C/C(=O)NCc4ccncc4)cc23)cc1. The molecule has 0 spiro atoms. The van der Waals surface area contributed by atoms with Crippen LogP contribution < -0.4 is 14.8 Å². The van der Waals surface area contributed by atoms with Crippen molar-refractivity contribution in [2.75, 3.05) is 14.2 Å². The van der Waals surface area contributed by atoms with E-state index in [-0.39, 0.29) is 5.91 Å². The minimum atomic E-state index is -0.174. The summed E-state index contributed by atoms with van der Waals surface area (Å²) in [5.41, 5.74) is 6.26. The third kappa shape index (κ3) is 4.60. The molecule has 4 rings (SSSR count). The molecule has 0 saturated carbocycles. The number of furan rings is 1. The van der Waals surface area contributed by atoms with Crippen LogP contribution in [0, 0.1) is 6.92 Å². The van der Waals surface area contributed by atoms with E-state index in [9.17, 15) is 4.79 Å². The summed E-state index contributed by atoms with van der Waals surface area (Å²) in [6, 6.07) is 13.6. The van der Waals surface area contributed by atoms with Crippen LogP contribution in [0.1, 0.15) is 23.6 Å². The summed E-state index contributed by atoms with van der Waals surface area (Å²) in [5, 5.41) is 3.87. The number of amides is 1. The van der Waals surface area contributed by atoms with E-state index in [0.29, 0.717) is 12.3 Å². The Balaban J connectivity index is 1.69. The lowest BCUT2D eigenvalue weighted by atomic mass is 9.96. The van der Waals surface area contributed by atoms with Gasteiger partial charge in [-0.15, -0.1) is 0 Å². The van der Waals surface area contributed by atoms with Crippen LogP contribution in [0.2, 0.25) is 0 Å². The van der Waals surface area contributed by atoms with Gasteiger partial charge in [0.25, 0.3) is 0 Å². The molecule has 1 amide bonds. The highest BCUT2D eigenvalue weighted by molar-refractivity contribution is 6.01. The number of fused-ring (bicyclic) bond motifs is 1. The van der Waals surface area contributed by atoms with E-state index >= 15 is 0 Å². The van der Waals surface area contributed by atoms with Crippen molar-refractivity contribution in [2.24, 2.45) is 0 Å². The molecule has 0 atom stereocenters. The number of aryl methyl sites for hydroxylation is 1. The van der Waals surface area contributed by atoms with Gasteiger partial charge in [-0.05, 0) is 60.9 Å². The third-order valence-corrected chi connectivity index (χ3v) is 5.64. The van der Waals surface area contributed by atoms with Gasteiger partial charge >= 0.3 is 0 Å². The number of carbonyl (C=O) groups is 1. The highest BCUT2D eigenvalue weighted by atomic mass is 16.5. The first kappa shape index (κ1) is 22.1. The van der Waals surface area contributed by atoms with Crippen molar-refractivity contribution < 1.29 is 18.7 Å². The molecule has 1 N–H and O–H groups in total. The topological polar surface area (TPSA) is 73.6 Å². The molecule has 2 heterocycles. The Morgan fingerprint density at radius 3 is 2.48 bits per heavy atom. The molecular weight excluding hydrogens is 416 g/mol. The first-order chi connectivity index (χ1) is 16.0. The van der Waals surface area contributed by atoms with E-state index in [1.807, 2.05) is 56.3 Å². The monoisotopic (exact) mass is 442 g/mol. The van der Waals surface area contributed by atoms with Gasteiger partial charge in [-0.1, -0.05) is 12.1 Å². The van der Waals surface area contributed by atoms with Crippen molar-refractivity contribution in [1.29, 1.82) is 0 Å². The summed E-state index contributed by atoms with van der Waals surface area (Å²) < 4.78 is 16.9. The lowest BCUT2D eigenvalue weighted by molar-refractivity contribution is -0.116. The minimum Gasteiger partial charge on any atom is -0.497 e. The molecule has 0 bridgehead atoms. The van der Waals surface area contributed by atoms with Gasteiger partial charge in [0.15, 0.2) is 0 Å². The molecule has 2 aromatic heterocycles. The van der Waals surface area contributed by atoms with Crippen molar-refractivity contribution >= 4 is 22.4 Å². The normalized spacial score (nSPS) is 11.5. The highest BCUT2D eigenvalue weighted by Gasteiger charge is 2.19. The van der Waals surface area contributed by atoms with Crippen LogP contribution in [0.4, 0.5) is 0 Å². The van der Waals surface area contributed by atoms with Gasteiger partial charge in [-0.25, -0.2) is 0 Å². The zero-order chi connectivity index (χ0) is 23.4. The number of carbonyl (C=O) groups excluding carboxylic acids is 1. The molecule has 33 heavy (non-hydrogen) atoms. The molecule has 0 radical (unpaired) electrons. The number of nitrogens with zero attached hydrogens (tertiary/aromatic N) is 1. The molecule has 0 aliphatic heterocycles. The molecule has 0 unspecified atom stereocenters. The summed E-state index contributed by atoms with van der Waals surface area (Å²) in [4.78, 5) is 16.6. The summed E-state index contributed by atoms with van der Waals surface area (Å²) in [5.74, 6) is 1.31. The number of pyridine rings is 1. The van der Waals surface area contributed by atoms with Crippen molar-refractivity contribution in [2.45, 2.75) is 20.4 Å². The maximum atomic E-state index is 12.6. The van der Waals surface area contributed by atoms with Gasteiger partial charge in [0.1, 0.15) is 17.1 Å². The van der Waals surface area contributed by atoms with Crippen LogP contribution in [0.25, 0.3) is 27.7 Å². The molecule has 168 valence electrons. The number of methoxy groups -OCH3 is 2. The Morgan fingerprint density at radius 2 is 1.82 bits per heavy atom. The van der Waals surface area contributed by atoms with Crippen molar-refractivity contribution in [1.82, 2.24) is 10.3 Å². The van der Waals surface area contributed by atoms with E-state index in [0.717, 1.165) is 50.1 Å². The highest BCUT2D eigenvalue weighted by Crippen LogP contribution is 2.40. The summed E-state index contributed by atoms with van der Waals surface area (Å²) in [6.45, 7) is 4.30. The predicted octanol–water partition coefficient (Wildman–Crippen LogP) is 5.54. The van der Waals surface area contributed by atoms with Crippen LogP contribution in [0.3, 0.4) is 0 Å². The quantitative estimate of drug-likeness (QED) is 0.381. The number of benzene rings is 2. The zero-order valence-electron chi connectivity index (χ0n) is 19.1. The summed E-state index contributed by atoms with van der Waals surface area (Å²) in [6.07, 6.45) is 6.76. The number of allylic oxidation sites excluding steroid dienone is 1. The number of nitrogens with one attached hydrogen (secondary N) is 1. The minimum absolute atomic E-state index is 0.174. The molecule has 0 aliphatic carbocycles. The molecule has 2 aromatic carbocycles. The first-order valence-corrected chi connectivity index (χ1v) is 10.6. The van der Waals surface area contributed by atoms with Crippen molar-refractivity contribution in [3.63, 3.8) is 0 Å². The van der Waals surface area contributed by atoms with Crippen LogP contribution >= 0.6 is 0 Å². The van der Waals surface area contributed by atoms with E-state index < -0.39 is 0 Å². The van der Waals surface area contributed by atoms with Crippen LogP contribution in [0.15, 0.2) is 71.6 Å². The molecule has 6 nitrogen and oxygen atoms in total. The molecule has 0 aliphatic rings. The second-order valence-electron chi connectivity index (χ2n) is 7.74. The maximum Gasteiger partial charge on any atom is 0.244 e. The van der Waals surface area contributed by atoms with Crippen LogP contribution in [-0.4, -0.2) is 25.1 Å². The number of hydrogen-bond acceptors (Lipinski definition) is 5. The van der Waals surface area contributed by atoms with E-state index in [4.69, 9.17) is 13.9 Å². The van der Waals surface area contributed by atoms with Gasteiger partial charge in [0, 0.05) is 47.1 Å². The predicted molar refractivity (Wildman–Crippen MR) is 129 cm³/mol. The largest absolute Gasteiger partial charge is 0.497 e. The zero-order valence-corrected chi connectivity index (χ0v) is 19.1. The smallest absolute Gasteiger partial charge is 0.244 e. The van der Waals surface area contributed by atoms with Crippen LogP contribution in [0.5, 0.6) is 11.5 Å². The Bertz CT molecular complexity index is 1310. The second-order valence-corrected chi connectivity index (χ2v) is 7.74. The summed E-state index contributed by atoms with van der Waals surface area (Å²) >= 11 is 0. The molecular formula is C27H26N2O4. The lowest BCUT2D eigenvalue weighted by Gasteiger charge is -2.13. The van der Waals surface area contributed by atoms with Gasteiger partial charge in [0.2, 0.25) is 5.91 Å². The van der Waals surface area contributed by atoms with Gasteiger partial charge in [-0.3, -0.25) is 9.78 Å². The van der Waals surface area contributed by atoms with Crippen molar-refractivity contribution in [3.8, 4) is 22.6 Å². The lowest BCUT2D eigenvalue weighted by Crippen LogP contribution is -2.20. The van der Waals surface area contributed by atoms with Crippen LogP contribution in [-0.2, 0) is 11.3 Å². The summed E-state index contributed by atoms with van der Waals surface area (Å²) in [7, 11) is 3.27. The van der Waals surface area contributed by atoms with Crippen molar-refractivity contribution in [3.05, 3.63) is 83.9 Å². The molecule has 6 heteroatoms. The number of rotatable bonds is 7. The fraction of sp³-hybridized carbons (Fsp3) is 0.185. The van der Waals surface area contributed by atoms with Gasteiger partial charge in [-0.2, -0.15) is 0 Å². The maximum absolute atomic E-state index is 12.6. The number of ether oxygens (including phenoxy) is 2. The fourth-order valence-corrected chi connectivity index (χ4v) is 3.88. The molecule has 0 saturated heterocycles. The van der Waals surface area contributed by atoms with E-state index in [2.05, 4.69) is 10.3 Å². The Kier molecular flexibility index (Phi) is 6.45. The van der Waals surface area contributed by atoms with Gasteiger partial charge in [0.05, 0.1) is 20.5 Å². The molecule has 4 aromatic rings. The Morgan fingerprint density at radius 1 is 1.09 bits per heavy atom. The number of hydrogen-bond donors (Lipinski definition) is 1. The first-order valence-electron chi connectivity index (χ1n) is 10.6. The average molecular weight is 443 g/mol. The standard InChI is InChI=1S/C27H26N2O4/c1-17(13-25(30)29-15-19-9-11-28-12-10-19)22-14-23-24(20-5-7-21(31-3)8-6-20)16-33-27(23)18(2)26(22)32-4/h5-14,16H,15H2,1-4H3,(H,29,30)/b17-13+. The Hall–Kier alpha value is -4.06. The second kappa shape index (κ2) is 9.61. The Labute approximate surface area is 192 Å².